The van der Waals surface area contributed by atoms with Gasteiger partial charge in [-0.2, -0.15) is 0 Å². The van der Waals surface area contributed by atoms with E-state index in [4.69, 9.17) is 14.6 Å². The number of carbonyl (C=O) groups is 1. The molecule has 0 aromatic heterocycles. The van der Waals surface area contributed by atoms with E-state index in [1.807, 2.05) is 18.2 Å². The van der Waals surface area contributed by atoms with Crippen LogP contribution in [0.1, 0.15) is 15.9 Å². The van der Waals surface area contributed by atoms with Crippen molar-refractivity contribution in [3.05, 3.63) is 53.6 Å². The Balaban J connectivity index is 2.35. The topological polar surface area (TPSA) is 55.8 Å². The lowest BCUT2D eigenvalue weighted by atomic mass is 10.0. The van der Waals surface area contributed by atoms with E-state index in [9.17, 15) is 4.79 Å². The predicted octanol–water partition coefficient (Wildman–Crippen LogP) is 3.21. The third kappa shape index (κ3) is 2.97. The highest BCUT2D eigenvalue weighted by molar-refractivity contribution is 5.88. The van der Waals surface area contributed by atoms with Crippen LogP contribution in [0.3, 0.4) is 0 Å². The maximum Gasteiger partial charge on any atom is 0.335 e. The number of hydrogen-bond donors (Lipinski definition) is 1. The first-order valence-electron chi connectivity index (χ1n) is 6.15. The number of hydrogen-bond acceptors (Lipinski definition) is 3. The number of methoxy groups -OCH3 is 2. The Morgan fingerprint density at radius 1 is 1.05 bits per heavy atom. The number of aromatic carboxylic acids is 1. The molecule has 0 aliphatic heterocycles. The van der Waals surface area contributed by atoms with Crippen LogP contribution in [0.4, 0.5) is 0 Å². The van der Waals surface area contributed by atoms with Gasteiger partial charge in [0.1, 0.15) is 5.75 Å². The van der Waals surface area contributed by atoms with E-state index >= 15 is 0 Å². The van der Waals surface area contributed by atoms with Gasteiger partial charge in [0.2, 0.25) is 0 Å². The molecule has 0 heterocycles. The molecule has 0 fully saturated rings. The van der Waals surface area contributed by atoms with E-state index in [1.54, 1.807) is 38.5 Å². The normalized spacial score (nSPS) is 10.3. The third-order valence-corrected chi connectivity index (χ3v) is 3.05. The molecule has 0 bridgehead atoms. The number of carboxylic acid groups (broad SMARTS) is 1. The number of carboxylic acids is 1. The Labute approximate surface area is 117 Å². The Morgan fingerprint density at radius 3 is 2.25 bits per heavy atom. The van der Waals surface area contributed by atoms with Crippen LogP contribution in [0.2, 0.25) is 0 Å². The van der Waals surface area contributed by atoms with E-state index in [1.165, 1.54) is 0 Å². The largest absolute Gasteiger partial charge is 0.496 e. The molecule has 0 radical (unpaired) electrons. The highest BCUT2D eigenvalue weighted by atomic mass is 16.5. The van der Waals surface area contributed by atoms with E-state index in [0.717, 1.165) is 22.4 Å². The Morgan fingerprint density at radius 2 is 1.70 bits per heavy atom. The van der Waals surface area contributed by atoms with Crippen LogP contribution in [0.15, 0.2) is 42.5 Å². The van der Waals surface area contributed by atoms with E-state index < -0.39 is 5.97 Å². The van der Waals surface area contributed by atoms with Gasteiger partial charge in [-0.15, -0.1) is 0 Å². The second kappa shape index (κ2) is 6.21. The Hall–Kier alpha value is -2.33. The molecule has 0 spiro atoms. The van der Waals surface area contributed by atoms with Crippen molar-refractivity contribution in [2.45, 2.75) is 6.61 Å². The first-order chi connectivity index (χ1) is 9.65. The van der Waals surface area contributed by atoms with Gasteiger partial charge in [-0.25, -0.2) is 4.79 Å². The van der Waals surface area contributed by atoms with Crippen molar-refractivity contribution in [2.24, 2.45) is 0 Å². The smallest absolute Gasteiger partial charge is 0.335 e. The summed E-state index contributed by atoms with van der Waals surface area (Å²) in [6.45, 7) is 0.488. The zero-order valence-electron chi connectivity index (χ0n) is 11.4. The maximum absolute atomic E-state index is 10.8. The summed E-state index contributed by atoms with van der Waals surface area (Å²) in [5.41, 5.74) is 3.16. The van der Waals surface area contributed by atoms with Gasteiger partial charge in [0.15, 0.2) is 0 Å². The third-order valence-electron chi connectivity index (χ3n) is 3.05. The molecule has 0 aliphatic carbocycles. The minimum absolute atomic E-state index is 0.275. The zero-order chi connectivity index (χ0) is 14.5. The molecule has 4 heteroatoms. The van der Waals surface area contributed by atoms with Gasteiger partial charge in [0.05, 0.1) is 19.3 Å². The summed E-state index contributed by atoms with van der Waals surface area (Å²) < 4.78 is 10.5. The van der Waals surface area contributed by atoms with Gasteiger partial charge in [-0.3, -0.25) is 0 Å². The van der Waals surface area contributed by atoms with E-state index in [0.29, 0.717) is 6.61 Å². The predicted molar refractivity (Wildman–Crippen MR) is 76.1 cm³/mol. The molecule has 104 valence electrons. The monoisotopic (exact) mass is 272 g/mol. The highest BCUT2D eigenvalue weighted by Gasteiger charge is 2.07. The highest BCUT2D eigenvalue weighted by Crippen LogP contribution is 2.28. The van der Waals surface area contributed by atoms with E-state index in [2.05, 4.69) is 0 Å². The SMILES string of the molecule is COCc1ccc(-c2ccc(C(=O)O)cc2)cc1OC. The van der Waals surface area contributed by atoms with Crippen molar-refractivity contribution in [1.29, 1.82) is 0 Å². The van der Waals surface area contributed by atoms with Gasteiger partial charge in [-0.05, 0) is 29.3 Å². The van der Waals surface area contributed by atoms with Gasteiger partial charge in [-0.1, -0.05) is 24.3 Å². The van der Waals surface area contributed by atoms with Gasteiger partial charge in [0, 0.05) is 12.7 Å². The van der Waals surface area contributed by atoms with Crippen molar-refractivity contribution >= 4 is 5.97 Å². The number of benzene rings is 2. The fourth-order valence-corrected chi connectivity index (χ4v) is 2.00. The molecule has 0 unspecified atom stereocenters. The van der Waals surface area contributed by atoms with Crippen molar-refractivity contribution < 1.29 is 19.4 Å². The molecule has 0 amide bonds. The summed E-state index contributed by atoms with van der Waals surface area (Å²) in [4.78, 5) is 10.8. The number of ether oxygens (including phenoxy) is 2. The lowest BCUT2D eigenvalue weighted by Crippen LogP contribution is -1.96. The standard InChI is InChI=1S/C16H16O4/c1-19-10-14-8-7-13(9-15(14)20-2)11-3-5-12(6-4-11)16(17)18/h3-9H,10H2,1-2H3,(H,17,18). The molecule has 0 atom stereocenters. The summed E-state index contributed by atoms with van der Waals surface area (Å²) in [6, 6.07) is 12.6. The average Bonchev–Trinajstić information content (AvgIpc) is 2.48. The molecular formula is C16H16O4. The van der Waals surface area contributed by atoms with Gasteiger partial charge < -0.3 is 14.6 Å². The molecule has 0 saturated heterocycles. The molecular weight excluding hydrogens is 256 g/mol. The van der Waals surface area contributed by atoms with Crippen LogP contribution in [-0.4, -0.2) is 25.3 Å². The first-order valence-corrected chi connectivity index (χ1v) is 6.15. The maximum atomic E-state index is 10.8. The van der Waals surface area contributed by atoms with Crippen LogP contribution >= 0.6 is 0 Å². The van der Waals surface area contributed by atoms with Crippen molar-refractivity contribution in [2.75, 3.05) is 14.2 Å². The summed E-state index contributed by atoms with van der Waals surface area (Å²) in [6.07, 6.45) is 0. The summed E-state index contributed by atoms with van der Waals surface area (Å²) in [7, 11) is 3.25. The molecule has 20 heavy (non-hydrogen) atoms. The average molecular weight is 272 g/mol. The molecule has 4 nitrogen and oxygen atoms in total. The fraction of sp³-hybridized carbons (Fsp3) is 0.188. The summed E-state index contributed by atoms with van der Waals surface area (Å²) in [5, 5.41) is 8.89. The molecule has 0 aliphatic rings. The summed E-state index contributed by atoms with van der Waals surface area (Å²) >= 11 is 0. The molecule has 1 N–H and O–H groups in total. The van der Waals surface area contributed by atoms with Crippen molar-refractivity contribution in [3.63, 3.8) is 0 Å². The molecule has 2 rings (SSSR count). The quantitative estimate of drug-likeness (QED) is 0.908. The second-order valence-electron chi connectivity index (χ2n) is 4.34. The van der Waals surface area contributed by atoms with Gasteiger partial charge >= 0.3 is 5.97 Å². The minimum atomic E-state index is -0.926. The summed E-state index contributed by atoms with van der Waals surface area (Å²) in [5.74, 6) is -0.170. The minimum Gasteiger partial charge on any atom is -0.496 e. The van der Waals surface area contributed by atoms with Crippen molar-refractivity contribution in [1.82, 2.24) is 0 Å². The Bertz CT molecular complexity index is 602. The van der Waals surface area contributed by atoms with Crippen LogP contribution in [-0.2, 0) is 11.3 Å². The van der Waals surface area contributed by atoms with Crippen molar-refractivity contribution in [3.8, 4) is 16.9 Å². The van der Waals surface area contributed by atoms with Crippen LogP contribution in [0, 0.1) is 0 Å². The lowest BCUT2D eigenvalue weighted by molar-refractivity contribution is 0.0697. The first kappa shape index (κ1) is 14.1. The second-order valence-corrected chi connectivity index (χ2v) is 4.34. The van der Waals surface area contributed by atoms with Crippen LogP contribution in [0.25, 0.3) is 11.1 Å². The van der Waals surface area contributed by atoms with Gasteiger partial charge in [0.25, 0.3) is 0 Å². The zero-order valence-corrected chi connectivity index (χ0v) is 11.4. The Kier molecular flexibility index (Phi) is 4.38. The van der Waals surface area contributed by atoms with E-state index in [-0.39, 0.29) is 5.56 Å². The molecule has 0 saturated carbocycles. The number of rotatable bonds is 5. The fourth-order valence-electron chi connectivity index (χ4n) is 2.00. The van der Waals surface area contributed by atoms with Crippen LogP contribution in [0.5, 0.6) is 5.75 Å². The van der Waals surface area contributed by atoms with Crippen LogP contribution < -0.4 is 4.74 Å². The molecule has 2 aromatic carbocycles. The lowest BCUT2D eigenvalue weighted by Gasteiger charge is -2.10. The molecule has 2 aromatic rings.